The maximum Gasteiger partial charge on any atom is 0.132 e. The molecular formula is C29H35N3. The van der Waals surface area contributed by atoms with Crippen molar-refractivity contribution in [2.45, 2.75) is 77.5 Å². The summed E-state index contributed by atoms with van der Waals surface area (Å²) in [6, 6.07) is 24.2. The molecule has 166 valence electrons. The van der Waals surface area contributed by atoms with Gasteiger partial charge in [0.2, 0.25) is 0 Å². The lowest BCUT2D eigenvalue weighted by molar-refractivity contribution is 0.390. The largest absolute Gasteiger partial charge is 0.338 e. The van der Waals surface area contributed by atoms with Gasteiger partial charge in [-0.1, -0.05) is 54.6 Å². The maximum absolute atomic E-state index is 5.34. The van der Waals surface area contributed by atoms with Crippen LogP contribution in [0, 0.1) is 0 Å². The molecule has 3 heteroatoms. The van der Waals surface area contributed by atoms with Crippen molar-refractivity contribution in [3.05, 3.63) is 89.0 Å². The van der Waals surface area contributed by atoms with Gasteiger partial charge in [0.1, 0.15) is 11.6 Å². The van der Waals surface area contributed by atoms with E-state index in [4.69, 9.17) is 4.98 Å². The Kier molecular flexibility index (Phi) is 4.19. The topological polar surface area (TPSA) is 19.4 Å². The van der Waals surface area contributed by atoms with Crippen molar-refractivity contribution < 1.29 is 0 Å². The number of hydrogen-bond donors (Lipinski definition) is 0. The van der Waals surface area contributed by atoms with E-state index in [-0.39, 0.29) is 22.2 Å². The number of anilines is 2. The standard InChI is InChI=1S/C29H35N3/c1-26(2)20-14-9-10-15-21(20)27(3,4)31(26)24-18-13-19-25(30-24)32-28(5,6)22-16-11-12-17-23(22)29(32,7)8/h9-19H,1-8H3. The number of rotatable bonds is 2. The van der Waals surface area contributed by atoms with Crippen LogP contribution in [0.1, 0.15) is 77.6 Å². The predicted molar refractivity (Wildman–Crippen MR) is 134 cm³/mol. The Morgan fingerprint density at radius 2 is 0.719 bits per heavy atom. The van der Waals surface area contributed by atoms with Crippen LogP contribution < -0.4 is 9.80 Å². The first-order valence-electron chi connectivity index (χ1n) is 11.7. The van der Waals surface area contributed by atoms with Crippen molar-refractivity contribution >= 4 is 11.6 Å². The Labute approximate surface area is 193 Å². The smallest absolute Gasteiger partial charge is 0.132 e. The molecule has 2 aliphatic rings. The molecule has 2 aromatic carbocycles. The average Bonchev–Trinajstić information content (AvgIpc) is 3.00. The average molecular weight is 426 g/mol. The van der Waals surface area contributed by atoms with E-state index in [1.807, 2.05) is 0 Å². The van der Waals surface area contributed by atoms with Crippen LogP contribution in [-0.2, 0) is 22.2 Å². The zero-order chi connectivity index (χ0) is 23.1. The molecule has 0 saturated carbocycles. The zero-order valence-corrected chi connectivity index (χ0v) is 20.7. The van der Waals surface area contributed by atoms with Crippen LogP contribution in [0.2, 0.25) is 0 Å². The van der Waals surface area contributed by atoms with Gasteiger partial charge in [-0.15, -0.1) is 0 Å². The summed E-state index contributed by atoms with van der Waals surface area (Å²) in [6.07, 6.45) is 0. The summed E-state index contributed by atoms with van der Waals surface area (Å²) in [5.74, 6) is 2.05. The van der Waals surface area contributed by atoms with Crippen LogP contribution in [-0.4, -0.2) is 4.98 Å². The van der Waals surface area contributed by atoms with Gasteiger partial charge in [-0.05, 0) is 89.8 Å². The maximum atomic E-state index is 5.34. The number of fused-ring (bicyclic) bond motifs is 2. The van der Waals surface area contributed by atoms with Gasteiger partial charge in [0.25, 0.3) is 0 Å². The van der Waals surface area contributed by atoms with E-state index in [2.05, 4.69) is 132 Å². The normalized spacial score (nSPS) is 21.4. The molecule has 32 heavy (non-hydrogen) atoms. The van der Waals surface area contributed by atoms with Crippen molar-refractivity contribution in [1.82, 2.24) is 4.98 Å². The van der Waals surface area contributed by atoms with Crippen LogP contribution >= 0.6 is 0 Å². The predicted octanol–water partition coefficient (Wildman–Crippen LogP) is 7.06. The van der Waals surface area contributed by atoms with Gasteiger partial charge < -0.3 is 9.80 Å². The van der Waals surface area contributed by atoms with Gasteiger partial charge in [-0.3, -0.25) is 0 Å². The summed E-state index contributed by atoms with van der Waals surface area (Å²) in [4.78, 5) is 10.3. The highest BCUT2D eigenvalue weighted by Crippen LogP contribution is 2.53. The number of hydrogen-bond acceptors (Lipinski definition) is 3. The van der Waals surface area contributed by atoms with Crippen molar-refractivity contribution in [3.63, 3.8) is 0 Å². The summed E-state index contributed by atoms with van der Waals surface area (Å²) in [6.45, 7) is 18.5. The highest BCUT2D eigenvalue weighted by molar-refractivity contribution is 5.64. The zero-order valence-electron chi connectivity index (χ0n) is 20.7. The number of aromatic nitrogens is 1. The Hall–Kier alpha value is -2.81. The van der Waals surface area contributed by atoms with Crippen molar-refractivity contribution in [2.24, 2.45) is 0 Å². The lowest BCUT2D eigenvalue weighted by Crippen LogP contribution is -2.48. The summed E-state index contributed by atoms with van der Waals surface area (Å²) < 4.78 is 0. The molecule has 0 amide bonds. The van der Waals surface area contributed by atoms with Crippen molar-refractivity contribution in [1.29, 1.82) is 0 Å². The molecule has 0 saturated heterocycles. The molecule has 0 bridgehead atoms. The minimum atomic E-state index is -0.148. The molecule has 3 aromatic rings. The number of pyridine rings is 1. The second-order valence-electron chi connectivity index (χ2n) is 11.4. The molecule has 0 fully saturated rings. The monoisotopic (exact) mass is 425 g/mol. The second-order valence-corrected chi connectivity index (χ2v) is 11.4. The molecule has 0 N–H and O–H groups in total. The Morgan fingerprint density at radius 3 is 1.00 bits per heavy atom. The van der Waals surface area contributed by atoms with Crippen LogP contribution in [0.25, 0.3) is 0 Å². The van der Waals surface area contributed by atoms with Crippen molar-refractivity contribution in [3.8, 4) is 0 Å². The first-order valence-corrected chi connectivity index (χ1v) is 11.7. The van der Waals surface area contributed by atoms with Gasteiger partial charge in [0.15, 0.2) is 0 Å². The fourth-order valence-electron chi connectivity index (χ4n) is 6.79. The van der Waals surface area contributed by atoms with E-state index in [0.717, 1.165) is 11.6 Å². The van der Waals surface area contributed by atoms with Gasteiger partial charge in [-0.2, -0.15) is 0 Å². The Bertz CT molecular complexity index is 1040. The molecule has 3 nitrogen and oxygen atoms in total. The lowest BCUT2D eigenvalue weighted by Gasteiger charge is -2.45. The molecular weight excluding hydrogens is 390 g/mol. The molecule has 0 unspecified atom stereocenters. The van der Waals surface area contributed by atoms with Gasteiger partial charge in [0, 0.05) is 0 Å². The minimum absolute atomic E-state index is 0.148. The van der Waals surface area contributed by atoms with Gasteiger partial charge in [-0.25, -0.2) is 4.98 Å². The van der Waals surface area contributed by atoms with Crippen LogP contribution in [0.3, 0.4) is 0 Å². The fourth-order valence-corrected chi connectivity index (χ4v) is 6.79. The summed E-state index contributed by atoms with van der Waals surface area (Å²) in [7, 11) is 0. The van der Waals surface area contributed by atoms with E-state index in [0.29, 0.717) is 0 Å². The van der Waals surface area contributed by atoms with Crippen molar-refractivity contribution in [2.75, 3.05) is 9.80 Å². The van der Waals surface area contributed by atoms with Crippen LogP contribution in [0.5, 0.6) is 0 Å². The summed E-state index contributed by atoms with van der Waals surface area (Å²) >= 11 is 0. The molecule has 3 heterocycles. The molecule has 1 aromatic heterocycles. The highest BCUT2D eigenvalue weighted by Gasteiger charge is 2.51. The molecule has 5 rings (SSSR count). The third-order valence-electron chi connectivity index (χ3n) is 7.90. The summed E-state index contributed by atoms with van der Waals surface area (Å²) in [5.41, 5.74) is 4.93. The first-order chi connectivity index (χ1) is 14.9. The molecule has 0 atom stereocenters. The van der Waals surface area contributed by atoms with E-state index in [9.17, 15) is 0 Å². The van der Waals surface area contributed by atoms with Gasteiger partial charge >= 0.3 is 0 Å². The minimum Gasteiger partial charge on any atom is -0.338 e. The third kappa shape index (κ3) is 2.57. The van der Waals surface area contributed by atoms with E-state index in [1.54, 1.807) is 0 Å². The molecule has 0 aliphatic carbocycles. The molecule has 2 aliphatic heterocycles. The Balaban J connectivity index is 1.65. The first kappa shape index (κ1) is 21.1. The third-order valence-corrected chi connectivity index (χ3v) is 7.90. The quantitative estimate of drug-likeness (QED) is 0.438. The highest BCUT2D eigenvalue weighted by atomic mass is 15.4. The number of benzene rings is 2. The SMILES string of the molecule is CC1(C)c2ccccc2C(C)(C)N1c1cccc(N2C(C)(C)c3ccccc3C2(C)C)n1. The molecule has 0 radical (unpaired) electrons. The Morgan fingerprint density at radius 1 is 0.438 bits per heavy atom. The van der Waals surface area contributed by atoms with E-state index >= 15 is 0 Å². The summed E-state index contributed by atoms with van der Waals surface area (Å²) in [5, 5.41) is 0. The van der Waals surface area contributed by atoms with Crippen LogP contribution in [0.4, 0.5) is 11.6 Å². The van der Waals surface area contributed by atoms with E-state index < -0.39 is 0 Å². The van der Waals surface area contributed by atoms with Gasteiger partial charge in [0.05, 0.1) is 22.2 Å². The lowest BCUT2D eigenvalue weighted by atomic mass is 9.91. The fraction of sp³-hybridized carbons (Fsp3) is 0.414. The second kappa shape index (κ2) is 6.37. The van der Waals surface area contributed by atoms with Crippen LogP contribution in [0.15, 0.2) is 66.7 Å². The number of nitrogens with zero attached hydrogens (tertiary/aromatic N) is 3. The van der Waals surface area contributed by atoms with E-state index in [1.165, 1.54) is 22.3 Å². The molecule has 0 spiro atoms.